The first-order valence-electron chi connectivity index (χ1n) is 15.6. The first kappa shape index (κ1) is 28.2. The van der Waals surface area contributed by atoms with Crippen LogP contribution >= 0.6 is 0 Å². The van der Waals surface area contributed by atoms with Crippen molar-refractivity contribution >= 4 is 11.8 Å². The summed E-state index contributed by atoms with van der Waals surface area (Å²) in [5.41, 5.74) is -2.92. The van der Waals surface area contributed by atoms with E-state index in [1.54, 1.807) is 13.0 Å². The number of aliphatic hydroxyl groups is 1. The molecule has 2 bridgehead atoms. The van der Waals surface area contributed by atoms with Gasteiger partial charge in [-0.05, 0) is 50.5 Å². The Morgan fingerprint density at radius 1 is 1.02 bits per heavy atom. The van der Waals surface area contributed by atoms with E-state index in [1.165, 1.54) is 0 Å². The third kappa shape index (κ3) is 4.32. The van der Waals surface area contributed by atoms with Crippen LogP contribution in [0, 0.1) is 17.8 Å². The summed E-state index contributed by atoms with van der Waals surface area (Å²) in [6, 6.07) is 0. The fraction of sp³-hybridized carbons (Fsp3) is 0.812. The van der Waals surface area contributed by atoms with Crippen LogP contribution in [0.4, 0.5) is 0 Å². The van der Waals surface area contributed by atoms with E-state index < -0.39 is 47.2 Å². The van der Waals surface area contributed by atoms with Crippen LogP contribution < -0.4 is 0 Å². The molecule has 7 rings (SSSR count). The summed E-state index contributed by atoms with van der Waals surface area (Å²) in [5, 5.41) is 12.3. The van der Waals surface area contributed by atoms with Gasteiger partial charge in [-0.3, -0.25) is 9.59 Å². The van der Waals surface area contributed by atoms with E-state index in [9.17, 15) is 14.7 Å². The van der Waals surface area contributed by atoms with Crippen molar-refractivity contribution in [1.29, 1.82) is 0 Å². The number of allylic oxidation sites excluding steroid dienone is 1. The minimum Gasteiger partial charge on any atom is -0.462 e. The van der Waals surface area contributed by atoms with Gasteiger partial charge in [0.25, 0.3) is 0 Å². The fourth-order valence-electron chi connectivity index (χ4n) is 8.52. The Labute approximate surface area is 241 Å². The van der Waals surface area contributed by atoms with Gasteiger partial charge in [-0.15, -0.1) is 0 Å². The molecule has 5 fully saturated rings. The molecule has 0 aromatic carbocycles. The molecule has 0 aromatic heterocycles. The average Bonchev–Trinajstić information content (AvgIpc) is 3.76. The molecule has 13 atom stereocenters. The number of fused-ring (bicyclic) bond motifs is 3. The largest absolute Gasteiger partial charge is 0.462 e. The molecule has 1 N–H and O–H groups in total. The minimum absolute atomic E-state index is 0.0317. The number of carbonyl (C=O) groups excluding carboxylic acids is 2. The third-order valence-electron chi connectivity index (χ3n) is 11.0. The lowest BCUT2D eigenvalue weighted by atomic mass is 9.67. The molecule has 0 aromatic rings. The lowest BCUT2D eigenvalue weighted by Crippen LogP contribution is -2.62. The predicted octanol–water partition coefficient (Wildman–Crippen LogP) is 3.55. The first-order valence-corrected chi connectivity index (χ1v) is 15.6. The molecule has 9 nitrogen and oxygen atoms in total. The van der Waals surface area contributed by atoms with Gasteiger partial charge < -0.3 is 33.5 Å². The molecule has 0 saturated carbocycles. The Balaban J connectivity index is 1.24. The SMILES string of the molecule is CC[C@H]1O[C@]2(CC[C@@H]1C)C[C@@H]1C[C@@H](C[C@H]3O[C@@]3(C)C[C@@H](C)/C=C\[C@H]3O[C@]34CO[C@@H]3C(=O)C(C)=C[C@@H](C(=O)O1)[C@@]34O)O2. The van der Waals surface area contributed by atoms with Crippen molar-refractivity contribution in [3.63, 3.8) is 0 Å². The standard InChI is InChI=1S/C32H44O9/c1-6-23-18(3)9-10-30(39-23)15-21-12-20(38-30)13-25-29(5,40-25)14-17(2)7-8-24-31(41-24)16-36-27-26(33)19(4)11-22(28(34)37-21)32(27,31)35/h7-8,11,17-18,20-25,27,35H,6,9-10,12-16H2,1-5H3/b8-7-/t17-,18-,20-,21-,22-,23+,24+,25+,27+,29-,30+,31+,32+/m0/s1. The summed E-state index contributed by atoms with van der Waals surface area (Å²) < 4.78 is 37.9. The van der Waals surface area contributed by atoms with Crippen molar-refractivity contribution in [2.75, 3.05) is 6.61 Å². The normalized spacial score (nSPS) is 55.3. The lowest BCUT2D eigenvalue weighted by molar-refractivity contribution is -0.336. The Bertz CT molecular complexity index is 1180. The Kier molecular flexibility index (Phi) is 6.48. The highest BCUT2D eigenvalue weighted by Gasteiger charge is 2.80. The van der Waals surface area contributed by atoms with Crippen LogP contribution in [0.2, 0.25) is 0 Å². The van der Waals surface area contributed by atoms with Crippen molar-refractivity contribution in [1.82, 2.24) is 0 Å². The van der Waals surface area contributed by atoms with Gasteiger partial charge in [0, 0.05) is 25.7 Å². The molecule has 6 heterocycles. The van der Waals surface area contributed by atoms with E-state index in [1.807, 2.05) is 6.08 Å². The molecule has 0 unspecified atom stereocenters. The minimum atomic E-state index is -1.86. The van der Waals surface area contributed by atoms with Crippen molar-refractivity contribution in [3.05, 3.63) is 23.8 Å². The van der Waals surface area contributed by atoms with Crippen LogP contribution in [0.1, 0.15) is 79.6 Å². The van der Waals surface area contributed by atoms with Crippen molar-refractivity contribution in [3.8, 4) is 0 Å². The molecule has 0 radical (unpaired) electrons. The Morgan fingerprint density at radius 2 is 1.83 bits per heavy atom. The average molecular weight is 573 g/mol. The zero-order valence-electron chi connectivity index (χ0n) is 24.8. The summed E-state index contributed by atoms with van der Waals surface area (Å²) in [5.74, 6) is -2.20. The number of rotatable bonds is 1. The van der Waals surface area contributed by atoms with E-state index in [0.717, 1.165) is 25.7 Å². The number of ether oxygens (including phenoxy) is 6. The highest BCUT2D eigenvalue weighted by atomic mass is 16.7. The van der Waals surface area contributed by atoms with Crippen molar-refractivity contribution in [2.24, 2.45) is 17.8 Å². The molecular weight excluding hydrogens is 528 g/mol. The molecule has 9 heteroatoms. The summed E-state index contributed by atoms with van der Waals surface area (Å²) >= 11 is 0. The summed E-state index contributed by atoms with van der Waals surface area (Å²) in [4.78, 5) is 27.2. The molecule has 41 heavy (non-hydrogen) atoms. The number of hydrogen-bond donors (Lipinski definition) is 1. The van der Waals surface area contributed by atoms with Gasteiger partial charge in [0.1, 0.15) is 23.7 Å². The molecule has 2 spiro atoms. The van der Waals surface area contributed by atoms with Crippen LogP contribution in [-0.4, -0.2) is 82.7 Å². The molecule has 1 aliphatic carbocycles. The van der Waals surface area contributed by atoms with Crippen LogP contribution in [0.15, 0.2) is 23.8 Å². The molecule has 0 amide bonds. The number of Topliss-reactive ketones (excluding diaryl/α,β-unsaturated/α-hetero) is 1. The van der Waals surface area contributed by atoms with Crippen molar-refractivity contribution in [2.45, 2.75) is 139 Å². The second-order valence-corrected chi connectivity index (χ2v) is 14.1. The highest BCUT2D eigenvalue weighted by molar-refractivity contribution is 6.03. The van der Waals surface area contributed by atoms with Gasteiger partial charge in [-0.1, -0.05) is 39.0 Å². The van der Waals surface area contributed by atoms with Gasteiger partial charge >= 0.3 is 5.97 Å². The quantitative estimate of drug-likeness (QED) is 0.286. The molecule has 5 saturated heterocycles. The monoisotopic (exact) mass is 572 g/mol. The predicted molar refractivity (Wildman–Crippen MR) is 146 cm³/mol. The molecule has 226 valence electrons. The first-order chi connectivity index (χ1) is 19.4. The second kappa shape index (κ2) is 9.44. The van der Waals surface area contributed by atoms with Crippen LogP contribution in [-0.2, 0) is 38.0 Å². The molecule has 6 aliphatic heterocycles. The summed E-state index contributed by atoms with van der Waals surface area (Å²) in [7, 11) is 0. The zero-order chi connectivity index (χ0) is 28.9. The van der Waals surface area contributed by atoms with E-state index in [4.69, 9.17) is 28.4 Å². The third-order valence-corrected chi connectivity index (χ3v) is 11.0. The zero-order valence-corrected chi connectivity index (χ0v) is 24.8. The van der Waals surface area contributed by atoms with Gasteiger partial charge in [-0.2, -0.15) is 0 Å². The smallest absolute Gasteiger partial charge is 0.316 e. The number of esters is 1. The van der Waals surface area contributed by atoms with E-state index in [-0.39, 0.29) is 42.2 Å². The van der Waals surface area contributed by atoms with Gasteiger partial charge in [-0.25, -0.2) is 0 Å². The topological polar surface area (TPSA) is 116 Å². The maximum absolute atomic E-state index is 14.0. The van der Waals surface area contributed by atoms with Crippen LogP contribution in [0.3, 0.4) is 0 Å². The summed E-state index contributed by atoms with van der Waals surface area (Å²) in [6.07, 6.45) is 8.45. The van der Waals surface area contributed by atoms with Crippen LogP contribution in [0.5, 0.6) is 0 Å². The van der Waals surface area contributed by atoms with E-state index in [0.29, 0.717) is 30.8 Å². The maximum atomic E-state index is 14.0. The summed E-state index contributed by atoms with van der Waals surface area (Å²) in [6.45, 7) is 10.3. The fourth-order valence-corrected chi connectivity index (χ4v) is 8.52. The number of epoxide rings is 2. The molecular formula is C32H44O9. The Hall–Kier alpha value is -1.62. The number of carbonyl (C=O) groups is 2. The Morgan fingerprint density at radius 3 is 2.61 bits per heavy atom. The number of ketones is 1. The van der Waals surface area contributed by atoms with Crippen molar-refractivity contribution < 1.29 is 43.1 Å². The van der Waals surface area contributed by atoms with E-state index in [2.05, 4.69) is 33.8 Å². The second-order valence-electron chi connectivity index (χ2n) is 14.1. The molecule has 7 aliphatic rings. The van der Waals surface area contributed by atoms with Gasteiger partial charge in [0.2, 0.25) is 0 Å². The maximum Gasteiger partial charge on any atom is 0.316 e. The number of hydrogen-bond acceptors (Lipinski definition) is 9. The van der Waals surface area contributed by atoms with E-state index >= 15 is 0 Å². The van der Waals surface area contributed by atoms with Crippen LogP contribution in [0.25, 0.3) is 0 Å². The van der Waals surface area contributed by atoms with Gasteiger partial charge in [0.05, 0.1) is 30.5 Å². The highest BCUT2D eigenvalue weighted by Crippen LogP contribution is 2.59. The lowest BCUT2D eigenvalue weighted by Gasteiger charge is -2.50. The van der Waals surface area contributed by atoms with Gasteiger partial charge in [0.15, 0.2) is 23.3 Å².